The summed E-state index contributed by atoms with van der Waals surface area (Å²) in [6, 6.07) is 11.4. The monoisotopic (exact) mass is 459 g/mol. The first kappa shape index (κ1) is 22.6. The molecule has 3 aromatic rings. The van der Waals surface area contributed by atoms with Crippen LogP contribution in [0.3, 0.4) is 0 Å². The molecule has 0 atom stereocenters. The topological polar surface area (TPSA) is 148 Å². The first-order chi connectivity index (χ1) is 15.1. The number of esters is 1. The predicted octanol–water partition coefficient (Wildman–Crippen LogP) is 2.39. The minimum absolute atomic E-state index is 0.0291. The molecular formula is C20H17N3O8S. The lowest BCUT2D eigenvalue weighted by atomic mass is 10.2. The zero-order chi connectivity index (χ0) is 23.5. The van der Waals surface area contributed by atoms with Crippen LogP contribution >= 0.6 is 0 Å². The summed E-state index contributed by atoms with van der Waals surface area (Å²) in [6.07, 6.45) is 0. The molecule has 0 fully saturated rings. The maximum atomic E-state index is 12.6. The van der Waals surface area contributed by atoms with Crippen molar-refractivity contribution in [2.45, 2.75) is 18.7 Å². The van der Waals surface area contributed by atoms with E-state index in [4.69, 9.17) is 8.92 Å². The molecule has 0 N–H and O–H groups in total. The van der Waals surface area contributed by atoms with Crippen LogP contribution in [0.1, 0.15) is 23.0 Å². The Bertz CT molecular complexity index is 1330. The fourth-order valence-corrected chi connectivity index (χ4v) is 3.55. The van der Waals surface area contributed by atoms with Gasteiger partial charge in [0, 0.05) is 12.1 Å². The molecule has 0 saturated carbocycles. The van der Waals surface area contributed by atoms with E-state index in [9.17, 15) is 28.1 Å². The minimum atomic E-state index is -4.55. The largest absolute Gasteiger partial charge is 0.461 e. The van der Waals surface area contributed by atoms with Gasteiger partial charge in [-0.25, -0.2) is 4.79 Å². The van der Waals surface area contributed by atoms with Crippen LogP contribution in [0, 0.1) is 17.0 Å². The summed E-state index contributed by atoms with van der Waals surface area (Å²) in [4.78, 5) is 34.7. The maximum absolute atomic E-state index is 12.6. The summed E-state index contributed by atoms with van der Waals surface area (Å²) < 4.78 is 36.1. The van der Waals surface area contributed by atoms with Gasteiger partial charge in [-0.1, -0.05) is 17.7 Å². The highest BCUT2D eigenvalue weighted by Gasteiger charge is 2.26. The zero-order valence-corrected chi connectivity index (χ0v) is 17.7. The predicted molar refractivity (Wildman–Crippen MR) is 111 cm³/mol. The Labute approximate surface area is 182 Å². The Kier molecular flexibility index (Phi) is 6.35. The second-order valence-electron chi connectivity index (χ2n) is 6.45. The Hall–Kier alpha value is -4.06. The molecular weight excluding hydrogens is 442 g/mol. The highest BCUT2D eigenvalue weighted by molar-refractivity contribution is 7.87. The summed E-state index contributed by atoms with van der Waals surface area (Å²) >= 11 is 0. The lowest BCUT2D eigenvalue weighted by Crippen LogP contribution is -2.26. The fraction of sp³-hybridized carbons (Fsp3) is 0.150. The van der Waals surface area contributed by atoms with Crippen molar-refractivity contribution in [2.24, 2.45) is 0 Å². The van der Waals surface area contributed by atoms with Gasteiger partial charge >= 0.3 is 16.1 Å². The summed E-state index contributed by atoms with van der Waals surface area (Å²) in [5, 5.41) is 14.7. The quantitative estimate of drug-likeness (QED) is 0.225. The molecule has 166 valence electrons. The van der Waals surface area contributed by atoms with Crippen molar-refractivity contribution in [3.8, 4) is 11.4 Å². The van der Waals surface area contributed by atoms with Crippen molar-refractivity contribution < 1.29 is 27.1 Å². The second kappa shape index (κ2) is 8.98. The second-order valence-corrected chi connectivity index (χ2v) is 8.00. The number of non-ortho nitro benzene ring substituents is 1. The molecule has 1 heterocycles. The van der Waals surface area contributed by atoms with Crippen molar-refractivity contribution in [2.75, 3.05) is 6.61 Å². The van der Waals surface area contributed by atoms with Crippen LogP contribution in [0.2, 0.25) is 0 Å². The SMILES string of the molecule is CCOC(=O)c1nn(-c2ccc(C)cc2)c(=O)cc1OS(=O)(=O)c1ccc([N+](=O)[O-])cc1. The Morgan fingerprint density at radius 2 is 1.75 bits per heavy atom. The van der Waals surface area contributed by atoms with E-state index in [0.29, 0.717) is 5.69 Å². The van der Waals surface area contributed by atoms with Gasteiger partial charge in [-0.2, -0.15) is 18.2 Å². The third-order valence-electron chi connectivity index (χ3n) is 4.18. The van der Waals surface area contributed by atoms with Gasteiger partial charge in [-0.15, -0.1) is 0 Å². The molecule has 0 spiro atoms. The van der Waals surface area contributed by atoms with Crippen molar-refractivity contribution in [3.05, 3.63) is 86.3 Å². The number of benzene rings is 2. The minimum Gasteiger partial charge on any atom is -0.461 e. The van der Waals surface area contributed by atoms with Gasteiger partial charge in [-0.05, 0) is 38.1 Å². The molecule has 0 aliphatic rings. The molecule has 0 saturated heterocycles. The van der Waals surface area contributed by atoms with Gasteiger partial charge in [0.2, 0.25) is 5.69 Å². The van der Waals surface area contributed by atoms with E-state index in [1.165, 1.54) is 0 Å². The molecule has 1 aromatic heterocycles. The Balaban J connectivity index is 2.07. The van der Waals surface area contributed by atoms with Crippen LogP contribution in [-0.4, -0.2) is 35.7 Å². The number of hydrogen-bond acceptors (Lipinski definition) is 9. The first-order valence-electron chi connectivity index (χ1n) is 9.20. The standard InChI is InChI=1S/C20H17N3O8S/c1-3-30-20(25)19-17(12-18(24)22(21-19)14-6-4-13(2)5-7-14)31-32(28,29)16-10-8-15(9-11-16)23(26)27/h4-12H,3H2,1-2H3. The van der Waals surface area contributed by atoms with Gasteiger partial charge in [-0.3, -0.25) is 14.9 Å². The number of hydrogen-bond donors (Lipinski definition) is 0. The normalized spacial score (nSPS) is 11.1. The fourth-order valence-electron chi connectivity index (χ4n) is 2.62. The van der Waals surface area contributed by atoms with Crippen LogP contribution in [0.15, 0.2) is 64.3 Å². The molecule has 0 amide bonds. The summed E-state index contributed by atoms with van der Waals surface area (Å²) in [6.45, 7) is 3.37. The molecule has 0 bridgehead atoms. The van der Waals surface area contributed by atoms with Gasteiger partial charge < -0.3 is 8.92 Å². The molecule has 11 nitrogen and oxygen atoms in total. The summed E-state index contributed by atoms with van der Waals surface area (Å²) in [5.74, 6) is -1.63. The zero-order valence-electron chi connectivity index (χ0n) is 16.9. The van der Waals surface area contributed by atoms with Gasteiger partial charge in [0.05, 0.1) is 23.3 Å². The lowest BCUT2D eigenvalue weighted by Gasteiger charge is -2.12. The lowest BCUT2D eigenvalue weighted by molar-refractivity contribution is -0.384. The van der Waals surface area contributed by atoms with E-state index in [1.54, 1.807) is 31.2 Å². The van der Waals surface area contributed by atoms with Crippen molar-refractivity contribution >= 4 is 21.8 Å². The third kappa shape index (κ3) is 4.81. The van der Waals surface area contributed by atoms with Crippen LogP contribution in [0.5, 0.6) is 5.75 Å². The number of aromatic nitrogens is 2. The number of rotatable bonds is 7. The summed E-state index contributed by atoms with van der Waals surface area (Å²) in [5.41, 5.74) is -0.329. The molecule has 3 rings (SSSR count). The maximum Gasteiger partial charge on any atom is 0.362 e. The average molecular weight is 459 g/mol. The first-order valence-corrected chi connectivity index (χ1v) is 10.6. The molecule has 12 heteroatoms. The molecule has 0 aliphatic carbocycles. The number of aryl methyl sites for hydroxylation is 1. The van der Waals surface area contributed by atoms with Crippen molar-refractivity contribution in [1.29, 1.82) is 0 Å². The number of nitro benzene ring substituents is 1. The van der Waals surface area contributed by atoms with E-state index in [0.717, 1.165) is 40.6 Å². The van der Waals surface area contributed by atoms with Crippen molar-refractivity contribution in [3.63, 3.8) is 0 Å². The van der Waals surface area contributed by atoms with E-state index in [-0.39, 0.29) is 12.3 Å². The Morgan fingerprint density at radius 3 is 2.31 bits per heavy atom. The van der Waals surface area contributed by atoms with E-state index < -0.39 is 42.9 Å². The average Bonchev–Trinajstić information content (AvgIpc) is 2.74. The number of ether oxygens (including phenoxy) is 1. The van der Waals surface area contributed by atoms with E-state index in [1.807, 2.05) is 6.92 Å². The molecule has 0 radical (unpaired) electrons. The molecule has 32 heavy (non-hydrogen) atoms. The smallest absolute Gasteiger partial charge is 0.362 e. The van der Waals surface area contributed by atoms with E-state index in [2.05, 4.69) is 5.10 Å². The van der Waals surface area contributed by atoms with Crippen molar-refractivity contribution in [1.82, 2.24) is 9.78 Å². The number of carbonyl (C=O) groups is 1. The highest BCUT2D eigenvalue weighted by atomic mass is 32.2. The molecule has 2 aromatic carbocycles. The van der Waals surface area contributed by atoms with Gasteiger partial charge in [0.1, 0.15) is 4.90 Å². The molecule has 0 unspecified atom stereocenters. The van der Waals surface area contributed by atoms with Crippen LogP contribution in [-0.2, 0) is 14.9 Å². The van der Waals surface area contributed by atoms with Crippen LogP contribution in [0.25, 0.3) is 5.69 Å². The number of nitrogens with zero attached hydrogens (tertiary/aromatic N) is 3. The number of nitro groups is 1. The third-order valence-corrected chi connectivity index (χ3v) is 5.43. The summed E-state index contributed by atoms with van der Waals surface area (Å²) in [7, 11) is -4.55. The number of carbonyl (C=O) groups excluding carboxylic acids is 1. The van der Waals surface area contributed by atoms with Gasteiger partial charge in [0.25, 0.3) is 11.2 Å². The Morgan fingerprint density at radius 1 is 1.12 bits per heavy atom. The van der Waals surface area contributed by atoms with Crippen LogP contribution in [0.4, 0.5) is 5.69 Å². The highest BCUT2D eigenvalue weighted by Crippen LogP contribution is 2.23. The van der Waals surface area contributed by atoms with Crippen LogP contribution < -0.4 is 9.74 Å². The molecule has 0 aliphatic heterocycles. The van der Waals surface area contributed by atoms with E-state index >= 15 is 0 Å². The van der Waals surface area contributed by atoms with Gasteiger partial charge in [0.15, 0.2) is 5.75 Å².